The first-order valence-electron chi connectivity index (χ1n) is 16.9. The van der Waals surface area contributed by atoms with E-state index in [1.165, 1.54) is 7.85 Å². The van der Waals surface area contributed by atoms with E-state index < -0.39 is 85.5 Å². The van der Waals surface area contributed by atoms with Crippen LogP contribution in [0.3, 0.4) is 0 Å². The Morgan fingerprint density at radius 2 is 0.750 bits per heavy atom. The van der Waals surface area contributed by atoms with E-state index in [1.54, 1.807) is 78.9 Å². The van der Waals surface area contributed by atoms with Gasteiger partial charge in [0, 0.05) is 27.5 Å². The van der Waals surface area contributed by atoms with Gasteiger partial charge in [-0.05, 0) is 32.6 Å². The first-order chi connectivity index (χ1) is 26.8. The number of fused-ring (bicyclic) bond motifs is 6. The number of aromatic hydroxyl groups is 12. The maximum absolute atomic E-state index is 11.9. The molecule has 12 N–H and O–H groups in total. The Labute approximate surface area is 313 Å². The van der Waals surface area contributed by atoms with E-state index in [-0.39, 0.29) is 60.2 Å². The number of hydrogen-bond donors (Lipinski definition) is 12. The maximum atomic E-state index is 11.9. The van der Waals surface area contributed by atoms with Crippen molar-refractivity contribution in [3.8, 4) is 102 Å². The summed E-state index contributed by atoms with van der Waals surface area (Å²) in [4.78, 5) is 0. The van der Waals surface area contributed by atoms with E-state index in [4.69, 9.17) is 4.42 Å². The Bertz CT molecular complexity index is 3170. The average Bonchev–Trinajstić information content (AvgIpc) is 3.61. The second-order valence-corrected chi connectivity index (χ2v) is 13.4. The van der Waals surface area contributed by atoms with Crippen molar-refractivity contribution in [1.82, 2.24) is 0 Å². The number of benzene rings is 8. The number of furan rings is 1. The number of hydrogen-bond acceptors (Lipinski definition) is 13. The average molecular weight is 750 g/mol. The molecular weight excluding hydrogens is 723 g/mol. The molecule has 0 saturated carbocycles. The molecule has 0 spiro atoms. The normalized spacial score (nSPS) is 11.8. The van der Waals surface area contributed by atoms with Gasteiger partial charge in [0.15, 0.2) is 51.4 Å². The summed E-state index contributed by atoms with van der Waals surface area (Å²) < 4.78 is 5.92. The Hall–Kier alpha value is -8.00. The molecule has 276 valence electrons. The SMILES string of the molecule is Bc1c(O)c(O)c(O)c2c(O)c3c(oc4c(O)c(O)c(O)c(-c5c6ccccc6c(-c6c(O)c(O)c(O)c(-c7ccccc7)c6O)c6ccccc56)c43)c(O)c12. The Balaban J connectivity index is 1.51. The van der Waals surface area contributed by atoms with Crippen molar-refractivity contribution in [1.29, 1.82) is 0 Å². The van der Waals surface area contributed by atoms with Crippen molar-refractivity contribution in [3.05, 3.63) is 78.9 Å². The zero-order valence-electron chi connectivity index (χ0n) is 28.8. The molecule has 0 aliphatic carbocycles. The largest absolute Gasteiger partial charge is 0.506 e. The number of phenols is 12. The zero-order chi connectivity index (χ0) is 39.6. The standard InChI is InChI=1S/C42H27BO13/c43-28-24-26(34(49)38(53)36(28)51)30(45)27-23-22(32(47)39(54)40(55)41(23)56-42(27)35(24)50)20-15-10-4-6-12-17(15)21(18-13-7-5-11-16(18)20)25-29(44)19(14-8-2-1-3-9-14)31(46)37(52)33(25)48/h1-13,44-55H,43H2. The third-order valence-electron chi connectivity index (χ3n) is 10.5. The monoisotopic (exact) mass is 750 g/mol. The minimum atomic E-state index is -1.03. The van der Waals surface area contributed by atoms with Crippen molar-refractivity contribution in [2.45, 2.75) is 0 Å². The van der Waals surface area contributed by atoms with Crippen LogP contribution in [0.5, 0.6) is 69.0 Å². The highest BCUT2D eigenvalue weighted by molar-refractivity contribution is 6.44. The summed E-state index contributed by atoms with van der Waals surface area (Å²) in [6, 6.07) is 21.3. The van der Waals surface area contributed by atoms with Crippen LogP contribution in [-0.4, -0.2) is 69.1 Å². The van der Waals surface area contributed by atoms with Gasteiger partial charge >= 0.3 is 0 Å². The fraction of sp³-hybridized carbons (Fsp3) is 0. The second-order valence-electron chi connectivity index (χ2n) is 13.4. The van der Waals surface area contributed by atoms with E-state index in [2.05, 4.69) is 0 Å². The van der Waals surface area contributed by atoms with Gasteiger partial charge < -0.3 is 65.7 Å². The summed E-state index contributed by atoms with van der Waals surface area (Å²) in [6.45, 7) is 0. The van der Waals surface area contributed by atoms with Gasteiger partial charge in [0.05, 0.1) is 21.9 Å². The third kappa shape index (κ3) is 4.14. The summed E-state index contributed by atoms with van der Waals surface area (Å²) in [5.74, 6) is -10.3. The number of phenolic OH excluding ortho intramolecular Hbond substituents is 12. The van der Waals surface area contributed by atoms with Crippen molar-refractivity contribution in [3.63, 3.8) is 0 Å². The first-order valence-corrected chi connectivity index (χ1v) is 16.9. The molecule has 1 aromatic heterocycles. The molecule has 14 heteroatoms. The Morgan fingerprint density at radius 3 is 1.32 bits per heavy atom. The highest BCUT2D eigenvalue weighted by atomic mass is 16.4. The van der Waals surface area contributed by atoms with E-state index in [0.717, 1.165) is 0 Å². The molecule has 56 heavy (non-hydrogen) atoms. The molecule has 13 nitrogen and oxygen atoms in total. The van der Waals surface area contributed by atoms with Crippen LogP contribution in [0.15, 0.2) is 83.3 Å². The fourth-order valence-electron chi connectivity index (χ4n) is 8.01. The molecular formula is C42H27BO13. The smallest absolute Gasteiger partial charge is 0.205 e. The summed E-state index contributed by atoms with van der Waals surface area (Å²) in [5, 5.41) is 135. The fourth-order valence-corrected chi connectivity index (χ4v) is 8.01. The molecule has 8 aromatic carbocycles. The molecule has 0 bridgehead atoms. The maximum Gasteiger partial charge on any atom is 0.205 e. The van der Waals surface area contributed by atoms with E-state index >= 15 is 0 Å². The molecule has 0 amide bonds. The highest BCUT2D eigenvalue weighted by Gasteiger charge is 2.34. The van der Waals surface area contributed by atoms with Crippen LogP contribution in [-0.2, 0) is 0 Å². The Kier molecular flexibility index (Phi) is 6.95. The molecule has 0 radical (unpaired) electrons. The van der Waals surface area contributed by atoms with Crippen LogP contribution >= 0.6 is 0 Å². The second kappa shape index (κ2) is 11.5. The van der Waals surface area contributed by atoms with E-state index in [0.29, 0.717) is 16.3 Å². The molecule has 0 unspecified atom stereocenters. The lowest BCUT2D eigenvalue weighted by Crippen LogP contribution is -2.05. The summed E-state index contributed by atoms with van der Waals surface area (Å²) in [6.07, 6.45) is 0. The molecule has 0 atom stereocenters. The minimum Gasteiger partial charge on any atom is -0.506 e. The van der Waals surface area contributed by atoms with Gasteiger partial charge in [-0.25, -0.2) is 0 Å². The van der Waals surface area contributed by atoms with Gasteiger partial charge in [-0.15, -0.1) is 0 Å². The van der Waals surface area contributed by atoms with Crippen LogP contribution in [0.4, 0.5) is 0 Å². The van der Waals surface area contributed by atoms with Crippen LogP contribution in [0.25, 0.3) is 87.6 Å². The lowest BCUT2D eigenvalue weighted by molar-refractivity contribution is 0.364. The van der Waals surface area contributed by atoms with Crippen LogP contribution in [0.1, 0.15) is 0 Å². The van der Waals surface area contributed by atoms with Crippen molar-refractivity contribution < 1.29 is 65.7 Å². The molecule has 0 saturated heterocycles. The predicted molar refractivity (Wildman–Crippen MR) is 211 cm³/mol. The van der Waals surface area contributed by atoms with E-state index in [9.17, 15) is 61.3 Å². The lowest BCUT2D eigenvalue weighted by Gasteiger charge is -2.22. The van der Waals surface area contributed by atoms with Gasteiger partial charge in [0.2, 0.25) is 17.2 Å². The van der Waals surface area contributed by atoms with Crippen LogP contribution in [0, 0.1) is 0 Å². The third-order valence-corrected chi connectivity index (χ3v) is 10.5. The molecule has 0 aliphatic heterocycles. The summed E-state index contributed by atoms with van der Waals surface area (Å²) >= 11 is 0. The van der Waals surface area contributed by atoms with Crippen molar-refractivity contribution >= 4 is 67.6 Å². The molecule has 0 fully saturated rings. The predicted octanol–water partition coefficient (Wildman–Crippen LogP) is 6.77. The summed E-state index contributed by atoms with van der Waals surface area (Å²) in [7, 11) is 1.30. The Morgan fingerprint density at radius 1 is 0.304 bits per heavy atom. The highest BCUT2D eigenvalue weighted by Crippen LogP contribution is 2.62. The van der Waals surface area contributed by atoms with Gasteiger partial charge in [-0.2, -0.15) is 0 Å². The summed E-state index contributed by atoms with van der Waals surface area (Å²) in [5.41, 5.74) is -1.14. The lowest BCUT2D eigenvalue weighted by atomic mass is 9.82. The van der Waals surface area contributed by atoms with Gasteiger partial charge in [0.25, 0.3) is 0 Å². The number of rotatable bonds is 3. The molecule has 1 heterocycles. The quantitative estimate of drug-likeness (QED) is 0.0386. The van der Waals surface area contributed by atoms with Gasteiger partial charge in [-0.3, -0.25) is 0 Å². The van der Waals surface area contributed by atoms with Crippen LogP contribution in [0.2, 0.25) is 0 Å². The van der Waals surface area contributed by atoms with Gasteiger partial charge in [-0.1, -0.05) is 78.9 Å². The molecule has 9 rings (SSSR count). The van der Waals surface area contributed by atoms with Crippen LogP contribution < -0.4 is 5.46 Å². The van der Waals surface area contributed by atoms with Crippen molar-refractivity contribution in [2.75, 3.05) is 0 Å². The van der Waals surface area contributed by atoms with Gasteiger partial charge in [0.1, 0.15) is 19.3 Å². The topological polar surface area (TPSA) is 256 Å². The zero-order valence-corrected chi connectivity index (χ0v) is 28.8. The van der Waals surface area contributed by atoms with E-state index in [1.807, 2.05) is 0 Å². The minimum absolute atomic E-state index is 0.143. The first kappa shape index (κ1) is 33.8. The van der Waals surface area contributed by atoms with Crippen molar-refractivity contribution in [2.24, 2.45) is 0 Å². The molecule has 9 aromatic rings. The molecule has 0 aliphatic rings.